The van der Waals surface area contributed by atoms with Crippen molar-refractivity contribution in [3.05, 3.63) is 53.1 Å². The van der Waals surface area contributed by atoms with Crippen LogP contribution in [-0.4, -0.2) is 13.7 Å². The standard InChI is InChI=1S/C19H25NO2/c1-5-10-22-19-12-16(7-9-18(19)21-4)13-20-17-8-6-14(2)15(3)11-17/h6-9,11-12,20H,5,10,13H2,1-4H3. The second kappa shape index (κ2) is 7.74. The van der Waals surface area contributed by atoms with Gasteiger partial charge in [0.2, 0.25) is 0 Å². The minimum atomic E-state index is 0.699. The first-order valence-electron chi connectivity index (χ1n) is 7.75. The van der Waals surface area contributed by atoms with Crippen LogP contribution in [0.1, 0.15) is 30.0 Å². The molecule has 0 saturated carbocycles. The molecule has 3 nitrogen and oxygen atoms in total. The molecule has 0 atom stereocenters. The van der Waals surface area contributed by atoms with E-state index in [9.17, 15) is 0 Å². The lowest BCUT2D eigenvalue weighted by atomic mass is 10.1. The van der Waals surface area contributed by atoms with E-state index >= 15 is 0 Å². The summed E-state index contributed by atoms with van der Waals surface area (Å²) in [5, 5.41) is 3.45. The lowest BCUT2D eigenvalue weighted by Crippen LogP contribution is -2.02. The maximum Gasteiger partial charge on any atom is 0.161 e. The monoisotopic (exact) mass is 299 g/mol. The van der Waals surface area contributed by atoms with E-state index in [1.54, 1.807) is 7.11 Å². The third-order valence-electron chi connectivity index (χ3n) is 3.69. The highest BCUT2D eigenvalue weighted by Crippen LogP contribution is 2.28. The molecule has 0 aliphatic heterocycles. The molecule has 0 saturated heterocycles. The third-order valence-corrected chi connectivity index (χ3v) is 3.69. The summed E-state index contributed by atoms with van der Waals surface area (Å²) in [6.07, 6.45) is 0.980. The van der Waals surface area contributed by atoms with E-state index in [1.165, 1.54) is 16.7 Å². The van der Waals surface area contributed by atoms with E-state index in [4.69, 9.17) is 9.47 Å². The average molecular weight is 299 g/mol. The first-order chi connectivity index (χ1) is 10.6. The van der Waals surface area contributed by atoms with Gasteiger partial charge in [-0.1, -0.05) is 19.1 Å². The van der Waals surface area contributed by atoms with Crippen molar-refractivity contribution in [3.8, 4) is 11.5 Å². The zero-order valence-corrected chi connectivity index (χ0v) is 13.9. The molecule has 1 N–H and O–H groups in total. The molecular weight excluding hydrogens is 274 g/mol. The smallest absolute Gasteiger partial charge is 0.161 e. The second-order valence-electron chi connectivity index (χ2n) is 5.49. The van der Waals surface area contributed by atoms with Gasteiger partial charge in [0.25, 0.3) is 0 Å². The second-order valence-corrected chi connectivity index (χ2v) is 5.49. The van der Waals surface area contributed by atoms with Gasteiger partial charge in [-0.25, -0.2) is 0 Å². The number of rotatable bonds is 7. The van der Waals surface area contributed by atoms with Gasteiger partial charge in [-0.3, -0.25) is 0 Å². The molecule has 0 heterocycles. The number of nitrogens with one attached hydrogen (secondary N) is 1. The van der Waals surface area contributed by atoms with Gasteiger partial charge in [0, 0.05) is 12.2 Å². The van der Waals surface area contributed by atoms with Crippen LogP contribution in [0.5, 0.6) is 11.5 Å². The Balaban J connectivity index is 2.07. The maximum absolute atomic E-state index is 5.75. The minimum Gasteiger partial charge on any atom is -0.493 e. The Morgan fingerprint density at radius 3 is 2.45 bits per heavy atom. The van der Waals surface area contributed by atoms with Gasteiger partial charge in [0.05, 0.1) is 13.7 Å². The molecule has 22 heavy (non-hydrogen) atoms. The molecule has 0 aliphatic carbocycles. The van der Waals surface area contributed by atoms with E-state index < -0.39 is 0 Å². The van der Waals surface area contributed by atoms with Crippen LogP contribution in [-0.2, 0) is 6.54 Å². The molecular formula is C19H25NO2. The molecule has 0 bridgehead atoms. The first-order valence-corrected chi connectivity index (χ1v) is 7.75. The number of benzene rings is 2. The Morgan fingerprint density at radius 1 is 0.955 bits per heavy atom. The molecule has 0 fully saturated rings. The lowest BCUT2D eigenvalue weighted by Gasteiger charge is -2.13. The lowest BCUT2D eigenvalue weighted by molar-refractivity contribution is 0.294. The fourth-order valence-electron chi connectivity index (χ4n) is 2.21. The summed E-state index contributed by atoms with van der Waals surface area (Å²) in [5.41, 5.74) is 4.91. The Labute approximate surface area is 133 Å². The van der Waals surface area contributed by atoms with Crippen molar-refractivity contribution in [1.29, 1.82) is 0 Å². The van der Waals surface area contributed by atoms with Gasteiger partial charge < -0.3 is 14.8 Å². The van der Waals surface area contributed by atoms with E-state index in [2.05, 4.69) is 50.4 Å². The SMILES string of the molecule is CCCOc1cc(CNc2ccc(C)c(C)c2)ccc1OC. The molecule has 118 valence electrons. The van der Waals surface area contributed by atoms with Crippen molar-refractivity contribution in [3.63, 3.8) is 0 Å². The molecule has 0 spiro atoms. The summed E-state index contributed by atoms with van der Waals surface area (Å²) in [4.78, 5) is 0. The number of hydrogen-bond acceptors (Lipinski definition) is 3. The summed E-state index contributed by atoms with van der Waals surface area (Å²) >= 11 is 0. The molecule has 0 amide bonds. The molecule has 2 aromatic carbocycles. The van der Waals surface area contributed by atoms with Gasteiger partial charge in [-0.05, 0) is 61.2 Å². The molecule has 2 rings (SSSR count). The van der Waals surface area contributed by atoms with Gasteiger partial charge >= 0.3 is 0 Å². The molecule has 0 aliphatic rings. The highest BCUT2D eigenvalue weighted by atomic mass is 16.5. The van der Waals surface area contributed by atoms with Gasteiger partial charge in [0.1, 0.15) is 0 Å². The fourth-order valence-corrected chi connectivity index (χ4v) is 2.21. The summed E-state index contributed by atoms with van der Waals surface area (Å²) < 4.78 is 11.1. The topological polar surface area (TPSA) is 30.5 Å². The fraction of sp³-hybridized carbons (Fsp3) is 0.368. The van der Waals surface area contributed by atoms with Crippen LogP contribution >= 0.6 is 0 Å². The van der Waals surface area contributed by atoms with Crippen molar-refractivity contribution < 1.29 is 9.47 Å². The largest absolute Gasteiger partial charge is 0.493 e. The van der Waals surface area contributed by atoms with E-state index in [0.29, 0.717) is 6.61 Å². The maximum atomic E-state index is 5.75. The van der Waals surface area contributed by atoms with Gasteiger partial charge in [0.15, 0.2) is 11.5 Å². The molecule has 0 unspecified atom stereocenters. The summed E-state index contributed by atoms with van der Waals surface area (Å²) in [6, 6.07) is 12.5. The van der Waals surface area contributed by atoms with Crippen LogP contribution in [0.4, 0.5) is 5.69 Å². The summed E-state index contributed by atoms with van der Waals surface area (Å²) in [7, 11) is 1.67. The molecule has 0 radical (unpaired) electrons. The van der Waals surface area contributed by atoms with Crippen molar-refractivity contribution in [2.75, 3.05) is 19.0 Å². The average Bonchev–Trinajstić information content (AvgIpc) is 2.54. The minimum absolute atomic E-state index is 0.699. The Bertz CT molecular complexity index is 623. The molecule has 0 aromatic heterocycles. The normalized spacial score (nSPS) is 10.4. The van der Waals surface area contributed by atoms with Crippen LogP contribution < -0.4 is 14.8 Å². The van der Waals surface area contributed by atoms with Crippen LogP contribution in [0, 0.1) is 13.8 Å². The van der Waals surface area contributed by atoms with Crippen molar-refractivity contribution >= 4 is 5.69 Å². The molecule has 3 heteroatoms. The van der Waals surface area contributed by atoms with Crippen molar-refractivity contribution in [2.45, 2.75) is 33.7 Å². The predicted octanol–water partition coefficient (Wildman–Crippen LogP) is 4.71. The Morgan fingerprint density at radius 2 is 1.77 bits per heavy atom. The zero-order chi connectivity index (χ0) is 15.9. The van der Waals surface area contributed by atoms with E-state index in [1.807, 2.05) is 12.1 Å². The highest BCUT2D eigenvalue weighted by molar-refractivity contribution is 5.49. The third kappa shape index (κ3) is 4.17. The van der Waals surface area contributed by atoms with Crippen LogP contribution in [0.25, 0.3) is 0 Å². The van der Waals surface area contributed by atoms with E-state index in [0.717, 1.165) is 30.2 Å². The first kappa shape index (κ1) is 16.2. The van der Waals surface area contributed by atoms with Gasteiger partial charge in [-0.15, -0.1) is 0 Å². The van der Waals surface area contributed by atoms with E-state index in [-0.39, 0.29) is 0 Å². The van der Waals surface area contributed by atoms with Crippen LogP contribution in [0.2, 0.25) is 0 Å². The zero-order valence-electron chi connectivity index (χ0n) is 13.9. The number of anilines is 1. The number of ether oxygens (including phenoxy) is 2. The Hall–Kier alpha value is -2.16. The molecule has 2 aromatic rings. The van der Waals surface area contributed by atoms with Crippen molar-refractivity contribution in [1.82, 2.24) is 0 Å². The summed E-state index contributed by atoms with van der Waals surface area (Å²) in [5.74, 6) is 1.59. The van der Waals surface area contributed by atoms with Crippen LogP contribution in [0.3, 0.4) is 0 Å². The summed E-state index contributed by atoms with van der Waals surface area (Å²) in [6.45, 7) is 7.81. The quantitative estimate of drug-likeness (QED) is 0.803. The number of methoxy groups -OCH3 is 1. The van der Waals surface area contributed by atoms with Gasteiger partial charge in [-0.2, -0.15) is 0 Å². The number of aryl methyl sites for hydroxylation is 2. The number of hydrogen-bond donors (Lipinski definition) is 1. The van der Waals surface area contributed by atoms with Crippen molar-refractivity contribution in [2.24, 2.45) is 0 Å². The highest BCUT2D eigenvalue weighted by Gasteiger charge is 2.06. The van der Waals surface area contributed by atoms with Crippen LogP contribution in [0.15, 0.2) is 36.4 Å². The predicted molar refractivity (Wildman–Crippen MR) is 92.0 cm³/mol. The Kier molecular flexibility index (Phi) is 5.70.